The summed E-state index contributed by atoms with van der Waals surface area (Å²) in [6.07, 6.45) is 31.1. The molecule has 252 valence electrons. The van der Waals surface area contributed by atoms with E-state index in [1.54, 1.807) is 0 Å². The van der Waals surface area contributed by atoms with E-state index in [0.29, 0.717) is 12.8 Å². The summed E-state index contributed by atoms with van der Waals surface area (Å²) in [6, 6.07) is -0.974. The summed E-state index contributed by atoms with van der Waals surface area (Å²) in [5.41, 5.74) is 0. The van der Waals surface area contributed by atoms with Crippen molar-refractivity contribution < 1.29 is 25.2 Å². The maximum Gasteiger partial charge on any atom is 0.249 e. The highest BCUT2D eigenvalue weighted by molar-refractivity contribution is 5.80. The van der Waals surface area contributed by atoms with Crippen LogP contribution in [0.2, 0.25) is 0 Å². The number of aliphatic hydroxyl groups excluding tert-OH is 4. The average Bonchev–Trinajstić information content (AvgIpc) is 3.00. The fourth-order valence-corrected chi connectivity index (χ4v) is 5.80. The fraction of sp³-hybridized carbons (Fsp3) is 0.972. The largest absolute Gasteiger partial charge is 0.394 e. The van der Waals surface area contributed by atoms with E-state index in [9.17, 15) is 25.2 Å². The molecule has 0 spiro atoms. The number of carbonyl (C=O) groups is 1. The van der Waals surface area contributed by atoms with E-state index in [4.69, 9.17) is 0 Å². The summed E-state index contributed by atoms with van der Waals surface area (Å²) in [6.45, 7) is 3.79. The highest BCUT2D eigenvalue weighted by Gasteiger charge is 2.28. The minimum atomic E-state index is -1.25. The Morgan fingerprint density at radius 1 is 0.500 bits per heavy atom. The van der Waals surface area contributed by atoms with Crippen molar-refractivity contribution in [2.45, 2.75) is 218 Å². The summed E-state index contributed by atoms with van der Waals surface area (Å²) in [7, 11) is 0. The summed E-state index contributed by atoms with van der Waals surface area (Å²) < 4.78 is 0. The predicted octanol–water partition coefficient (Wildman–Crippen LogP) is 8.51. The molecule has 0 rings (SSSR count). The van der Waals surface area contributed by atoms with Crippen LogP contribution < -0.4 is 5.32 Å². The molecule has 6 heteroatoms. The van der Waals surface area contributed by atoms with Crippen molar-refractivity contribution in [2.75, 3.05) is 6.61 Å². The van der Waals surface area contributed by atoms with Gasteiger partial charge in [0.05, 0.1) is 18.8 Å². The molecule has 4 unspecified atom stereocenters. The van der Waals surface area contributed by atoms with E-state index in [-0.39, 0.29) is 0 Å². The van der Waals surface area contributed by atoms with E-state index in [0.717, 1.165) is 32.1 Å². The number of carbonyl (C=O) groups excluding carboxylic acids is 1. The Morgan fingerprint density at radius 2 is 0.833 bits per heavy atom. The lowest BCUT2D eigenvalue weighted by Crippen LogP contribution is -2.53. The van der Waals surface area contributed by atoms with E-state index in [1.165, 1.54) is 135 Å². The Bertz CT molecular complexity index is 561. The van der Waals surface area contributed by atoms with Gasteiger partial charge in [-0.25, -0.2) is 0 Å². The maximum absolute atomic E-state index is 12.2. The topological polar surface area (TPSA) is 110 Å². The number of rotatable bonds is 33. The number of amides is 1. The van der Waals surface area contributed by atoms with Crippen LogP contribution in [0.25, 0.3) is 0 Å². The lowest BCUT2D eigenvalue weighted by atomic mass is 10.0. The molecule has 0 aliphatic heterocycles. The van der Waals surface area contributed by atoms with Crippen molar-refractivity contribution in [3.63, 3.8) is 0 Å². The third-order valence-corrected chi connectivity index (χ3v) is 8.82. The molecule has 6 nitrogen and oxygen atoms in total. The molecule has 1 amide bonds. The third kappa shape index (κ3) is 25.8. The van der Waals surface area contributed by atoms with E-state index < -0.39 is 36.9 Å². The van der Waals surface area contributed by atoms with Crippen LogP contribution in [0.15, 0.2) is 0 Å². The van der Waals surface area contributed by atoms with E-state index in [1.807, 2.05) is 6.92 Å². The fourth-order valence-electron chi connectivity index (χ4n) is 5.80. The third-order valence-electron chi connectivity index (χ3n) is 8.82. The lowest BCUT2D eigenvalue weighted by molar-refractivity contribution is -0.132. The van der Waals surface area contributed by atoms with Gasteiger partial charge in [-0.15, -0.1) is 0 Å². The van der Waals surface area contributed by atoms with Gasteiger partial charge in [0, 0.05) is 0 Å². The van der Waals surface area contributed by atoms with Crippen LogP contribution in [0.1, 0.15) is 194 Å². The molecule has 0 fully saturated rings. The molecule has 0 aromatic rings. The van der Waals surface area contributed by atoms with Gasteiger partial charge in [0.25, 0.3) is 0 Å². The Labute approximate surface area is 260 Å². The van der Waals surface area contributed by atoms with Gasteiger partial charge in [-0.2, -0.15) is 0 Å². The summed E-state index contributed by atoms with van der Waals surface area (Å²) in [5.74, 6) is -0.593. The summed E-state index contributed by atoms with van der Waals surface area (Å²) >= 11 is 0. The highest BCUT2D eigenvalue weighted by atomic mass is 16.3. The van der Waals surface area contributed by atoms with Gasteiger partial charge in [-0.3, -0.25) is 4.79 Å². The molecule has 0 saturated carbocycles. The first-order valence-corrected chi connectivity index (χ1v) is 18.4. The molecule has 5 N–H and O–H groups in total. The molecule has 0 aromatic carbocycles. The first-order chi connectivity index (χ1) is 20.5. The molecule has 42 heavy (non-hydrogen) atoms. The van der Waals surface area contributed by atoms with E-state index in [2.05, 4.69) is 12.2 Å². The normalized spacial score (nSPS) is 14.5. The van der Waals surface area contributed by atoms with Crippen LogP contribution in [0.3, 0.4) is 0 Å². The van der Waals surface area contributed by atoms with Crippen molar-refractivity contribution in [1.82, 2.24) is 5.32 Å². The second kappa shape index (κ2) is 31.7. The zero-order valence-corrected chi connectivity index (χ0v) is 28.0. The minimum absolute atomic E-state index is 0.373. The van der Waals surface area contributed by atoms with Gasteiger partial charge < -0.3 is 25.7 Å². The summed E-state index contributed by atoms with van der Waals surface area (Å²) in [5, 5.41) is 42.4. The molecule has 4 atom stereocenters. The Kier molecular flexibility index (Phi) is 31.2. The second-order valence-electron chi connectivity index (χ2n) is 12.9. The van der Waals surface area contributed by atoms with Gasteiger partial charge in [0.1, 0.15) is 12.2 Å². The monoisotopic (exact) mass is 600 g/mol. The Morgan fingerprint density at radius 3 is 1.17 bits per heavy atom. The zero-order valence-electron chi connectivity index (χ0n) is 28.0. The van der Waals surface area contributed by atoms with Crippen LogP contribution in [0, 0.1) is 0 Å². The Hall–Kier alpha value is -0.690. The van der Waals surface area contributed by atoms with Gasteiger partial charge >= 0.3 is 0 Å². The van der Waals surface area contributed by atoms with Gasteiger partial charge in [-0.1, -0.05) is 181 Å². The number of aliphatic hydroxyl groups is 4. The van der Waals surface area contributed by atoms with Crippen molar-refractivity contribution in [3.05, 3.63) is 0 Å². The van der Waals surface area contributed by atoms with Crippen molar-refractivity contribution >= 4 is 5.91 Å². The highest BCUT2D eigenvalue weighted by Crippen LogP contribution is 2.16. The maximum atomic E-state index is 12.2. The molecule has 0 heterocycles. The van der Waals surface area contributed by atoms with Crippen molar-refractivity contribution in [2.24, 2.45) is 0 Å². The van der Waals surface area contributed by atoms with Gasteiger partial charge in [0.2, 0.25) is 5.91 Å². The van der Waals surface area contributed by atoms with E-state index >= 15 is 0 Å². The number of hydrogen-bond acceptors (Lipinski definition) is 5. The van der Waals surface area contributed by atoms with Gasteiger partial charge in [0.15, 0.2) is 0 Å². The predicted molar refractivity (Wildman–Crippen MR) is 178 cm³/mol. The molecule has 0 saturated heterocycles. The molecule has 0 aliphatic rings. The zero-order chi connectivity index (χ0) is 31.1. The number of nitrogens with one attached hydrogen (secondary N) is 1. The molecule has 0 radical (unpaired) electrons. The second-order valence-corrected chi connectivity index (χ2v) is 12.9. The molecule has 0 bridgehead atoms. The van der Waals surface area contributed by atoms with Crippen molar-refractivity contribution in [3.8, 4) is 0 Å². The average molecular weight is 600 g/mol. The van der Waals surface area contributed by atoms with Crippen LogP contribution in [0.4, 0.5) is 0 Å². The first kappa shape index (κ1) is 41.3. The van der Waals surface area contributed by atoms with Crippen LogP contribution in [-0.2, 0) is 4.79 Å². The van der Waals surface area contributed by atoms with Crippen LogP contribution >= 0.6 is 0 Å². The quantitative estimate of drug-likeness (QED) is 0.0486. The summed E-state index contributed by atoms with van der Waals surface area (Å²) in [4.78, 5) is 12.2. The number of unbranched alkanes of at least 4 members (excludes halogenated alkanes) is 24. The van der Waals surface area contributed by atoms with Gasteiger partial charge in [-0.05, 0) is 12.8 Å². The van der Waals surface area contributed by atoms with Crippen LogP contribution in [-0.4, -0.2) is 57.3 Å². The first-order valence-electron chi connectivity index (χ1n) is 18.4. The minimum Gasteiger partial charge on any atom is -0.394 e. The number of hydrogen-bond donors (Lipinski definition) is 5. The molecule has 0 aliphatic carbocycles. The standard InChI is InChI=1S/C36H73NO5/c1-3-5-7-8-9-10-11-12-13-14-15-16-17-18-19-20-21-22-23-24-25-26-27-28-30-34(40)36(42)37-32(31-38)35(41)33(39)29-6-4-2/h32-35,38-41H,3-31H2,1-2H3,(H,37,42). The lowest BCUT2D eigenvalue weighted by Gasteiger charge is -2.27. The molecular weight excluding hydrogens is 526 g/mol. The van der Waals surface area contributed by atoms with Crippen molar-refractivity contribution in [1.29, 1.82) is 0 Å². The molecular formula is C36H73NO5. The Balaban J connectivity index is 3.46. The SMILES string of the molecule is CCCCCCCCCCCCCCCCCCCCCCCCCCC(O)C(=O)NC(CO)C(O)C(O)CCCC. The smallest absolute Gasteiger partial charge is 0.249 e. The molecule has 0 aromatic heterocycles. The van der Waals surface area contributed by atoms with Crippen LogP contribution in [0.5, 0.6) is 0 Å².